The molecule has 6 rings (SSSR count). The van der Waals surface area contributed by atoms with Crippen LogP contribution in [-0.4, -0.2) is 85.5 Å². The van der Waals surface area contributed by atoms with Crippen LogP contribution in [0.2, 0.25) is 0 Å². The first-order valence-corrected chi connectivity index (χ1v) is 13.7. The first-order chi connectivity index (χ1) is 19.5. The highest BCUT2D eigenvalue weighted by atomic mass is 16.6. The minimum atomic E-state index is -0.525. The van der Waals surface area contributed by atoms with E-state index in [0.29, 0.717) is 52.1 Å². The molecule has 0 spiro atoms. The predicted octanol–water partition coefficient (Wildman–Crippen LogP) is 3.23. The molecule has 4 aliphatic rings. The molecule has 212 valence electrons. The fraction of sp³-hybridized carbons (Fsp3) is 0.467. The van der Waals surface area contributed by atoms with E-state index in [1.54, 1.807) is 0 Å². The van der Waals surface area contributed by atoms with Crippen molar-refractivity contribution < 1.29 is 38.1 Å². The van der Waals surface area contributed by atoms with Crippen molar-refractivity contribution in [3.05, 3.63) is 71.8 Å². The Balaban J connectivity index is 0.000000161. The number of imide groups is 2. The van der Waals surface area contributed by atoms with Crippen LogP contribution in [0.3, 0.4) is 0 Å². The second-order valence-corrected chi connectivity index (χ2v) is 10.4. The lowest BCUT2D eigenvalue weighted by atomic mass is 10.0. The van der Waals surface area contributed by atoms with E-state index in [1.807, 2.05) is 60.7 Å². The van der Waals surface area contributed by atoms with Crippen molar-refractivity contribution in [2.24, 2.45) is 11.8 Å². The Morgan fingerprint density at radius 2 is 1.02 bits per heavy atom. The highest BCUT2D eigenvalue weighted by Gasteiger charge is 2.42. The summed E-state index contributed by atoms with van der Waals surface area (Å²) in [6, 6.07) is 19.2. The van der Waals surface area contributed by atoms with Crippen molar-refractivity contribution in [3.8, 4) is 0 Å². The molecular formula is C30H34N2O8. The molecule has 10 heteroatoms. The van der Waals surface area contributed by atoms with Gasteiger partial charge in [-0.05, 0) is 36.8 Å². The lowest BCUT2D eigenvalue weighted by Gasteiger charge is -2.22. The smallest absolute Gasteiger partial charge is 0.416 e. The van der Waals surface area contributed by atoms with Crippen molar-refractivity contribution in [1.29, 1.82) is 0 Å². The van der Waals surface area contributed by atoms with Gasteiger partial charge in [0.2, 0.25) is 11.8 Å². The summed E-state index contributed by atoms with van der Waals surface area (Å²) < 4.78 is 20.6. The SMILES string of the molecule is O=C1OC[C@@H](Cc2ccccc2)N1C(=O)C1CCOC1.O=C1OC[C@@H](Cc2ccccc2)N1C(=O)C1CCOC1. The largest absolute Gasteiger partial charge is 0.447 e. The van der Waals surface area contributed by atoms with E-state index < -0.39 is 12.2 Å². The highest BCUT2D eigenvalue weighted by molar-refractivity contribution is 5.95. The molecule has 0 radical (unpaired) electrons. The van der Waals surface area contributed by atoms with Crippen LogP contribution in [-0.2, 0) is 41.4 Å². The summed E-state index contributed by atoms with van der Waals surface area (Å²) in [6.45, 7) is 2.52. The molecule has 4 heterocycles. The molecule has 0 aromatic heterocycles. The van der Waals surface area contributed by atoms with E-state index in [2.05, 4.69) is 0 Å². The Bertz CT molecular complexity index is 1090. The van der Waals surface area contributed by atoms with Gasteiger partial charge in [-0.15, -0.1) is 0 Å². The Labute approximate surface area is 233 Å². The molecule has 4 fully saturated rings. The lowest BCUT2D eigenvalue weighted by Crippen LogP contribution is -2.43. The number of rotatable bonds is 6. The van der Waals surface area contributed by atoms with E-state index >= 15 is 0 Å². The van der Waals surface area contributed by atoms with Crippen molar-refractivity contribution in [3.63, 3.8) is 0 Å². The number of hydrogen-bond acceptors (Lipinski definition) is 8. The Morgan fingerprint density at radius 1 is 0.625 bits per heavy atom. The molecule has 4 atom stereocenters. The summed E-state index contributed by atoms with van der Waals surface area (Å²) in [7, 11) is 0. The number of amides is 4. The molecule has 0 saturated carbocycles. The van der Waals surface area contributed by atoms with Crippen LogP contribution in [0, 0.1) is 11.8 Å². The molecule has 0 aliphatic carbocycles. The van der Waals surface area contributed by atoms with E-state index in [1.165, 1.54) is 9.80 Å². The average Bonchev–Trinajstić information content (AvgIpc) is 3.79. The zero-order valence-corrected chi connectivity index (χ0v) is 22.3. The van der Waals surface area contributed by atoms with Crippen LogP contribution >= 0.6 is 0 Å². The lowest BCUT2D eigenvalue weighted by molar-refractivity contribution is -0.134. The number of benzene rings is 2. The van der Waals surface area contributed by atoms with Crippen LogP contribution in [0.5, 0.6) is 0 Å². The molecule has 4 aliphatic heterocycles. The summed E-state index contributed by atoms with van der Waals surface area (Å²) in [4.78, 5) is 51.0. The molecule has 0 N–H and O–H groups in total. The van der Waals surface area contributed by atoms with Gasteiger partial charge in [0.1, 0.15) is 13.2 Å². The van der Waals surface area contributed by atoms with Crippen LogP contribution in [0.4, 0.5) is 9.59 Å². The first-order valence-electron chi connectivity index (χ1n) is 13.7. The highest BCUT2D eigenvalue weighted by Crippen LogP contribution is 2.25. The van der Waals surface area contributed by atoms with Crippen molar-refractivity contribution in [1.82, 2.24) is 9.80 Å². The summed E-state index contributed by atoms with van der Waals surface area (Å²) in [6.07, 6.45) is 1.57. The van der Waals surface area contributed by atoms with Crippen LogP contribution in [0.1, 0.15) is 24.0 Å². The van der Waals surface area contributed by atoms with E-state index in [4.69, 9.17) is 18.9 Å². The molecule has 2 aromatic carbocycles. The third-order valence-electron chi connectivity index (χ3n) is 7.58. The molecule has 40 heavy (non-hydrogen) atoms. The average molecular weight is 551 g/mol. The molecule has 4 amide bonds. The van der Waals surface area contributed by atoms with Crippen LogP contribution in [0.25, 0.3) is 0 Å². The number of carbonyl (C=O) groups excluding carboxylic acids is 4. The summed E-state index contributed by atoms with van der Waals surface area (Å²) in [5.74, 6) is -0.741. The summed E-state index contributed by atoms with van der Waals surface area (Å²) in [5, 5.41) is 0. The molecule has 4 saturated heterocycles. The van der Waals surface area contributed by atoms with E-state index in [9.17, 15) is 19.2 Å². The number of cyclic esters (lactones) is 2. The standard InChI is InChI=1S/2C15H17NO4/c2*17-14(12-6-7-19-9-12)16-13(10-20-15(16)18)8-11-4-2-1-3-5-11/h2*1-5,12-13H,6-10H2/t2*12?,13-/m11/s1. The molecule has 2 unspecified atom stereocenters. The van der Waals surface area contributed by atoms with Gasteiger partial charge in [0, 0.05) is 13.2 Å². The number of hydrogen-bond donors (Lipinski definition) is 0. The van der Waals surface area contributed by atoms with E-state index in [0.717, 1.165) is 11.1 Å². The van der Waals surface area contributed by atoms with Gasteiger partial charge in [-0.25, -0.2) is 19.4 Å². The first kappa shape index (κ1) is 27.8. The van der Waals surface area contributed by atoms with Crippen molar-refractivity contribution in [2.75, 3.05) is 39.6 Å². The maximum Gasteiger partial charge on any atom is 0.416 e. The Morgan fingerprint density at radius 3 is 1.38 bits per heavy atom. The fourth-order valence-electron chi connectivity index (χ4n) is 5.39. The number of nitrogens with zero attached hydrogens (tertiary/aromatic N) is 2. The second-order valence-electron chi connectivity index (χ2n) is 10.4. The fourth-order valence-corrected chi connectivity index (χ4v) is 5.39. The molecular weight excluding hydrogens is 516 g/mol. The Kier molecular flexibility index (Phi) is 9.08. The predicted molar refractivity (Wildman–Crippen MR) is 142 cm³/mol. The Hall–Kier alpha value is -3.76. The van der Waals surface area contributed by atoms with Gasteiger partial charge < -0.3 is 18.9 Å². The van der Waals surface area contributed by atoms with Gasteiger partial charge in [-0.2, -0.15) is 0 Å². The van der Waals surface area contributed by atoms with Gasteiger partial charge in [0.25, 0.3) is 0 Å². The minimum Gasteiger partial charge on any atom is -0.447 e. The van der Waals surface area contributed by atoms with Crippen molar-refractivity contribution in [2.45, 2.75) is 37.8 Å². The summed E-state index contributed by atoms with van der Waals surface area (Å²) >= 11 is 0. The second kappa shape index (κ2) is 13.1. The quantitative estimate of drug-likeness (QED) is 0.539. The van der Waals surface area contributed by atoms with Gasteiger partial charge in [-0.3, -0.25) is 9.59 Å². The third kappa shape index (κ3) is 6.51. The maximum atomic E-state index is 12.4. The van der Waals surface area contributed by atoms with Crippen molar-refractivity contribution >= 4 is 24.0 Å². The van der Waals surface area contributed by atoms with Crippen LogP contribution < -0.4 is 0 Å². The molecule has 10 nitrogen and oxygen atoms in total. The zero-order valence-electron chi connectivity index (χ0n) is 22.3. The normalized spacial score (nSPS) is 25.8. The zero-order chi connectivity index (χ0) is 27.9. The number of carbonyl (C=O) groups is 4. The van der Waals surface area contributed by atoms with Gasteiger partial charge in [-0.1, -0.05) is 60.7 Å². The minimum absolute atomic E-state index is 0.161. The van der Waals surface area contributed by atoms with Crippen LogP contribution in [0.15, 0.2) is 60.7 Å². The van der Waals surface area contributed by atoms with Gasteiger partial charge in [0.05, 0.1) is 37.1 Å². The topological polar surface area (TPSA) is 112 Å². The molecule has 2 aromatic rings. The van der Waals surface area contributed by atoms with E-state index in [-0.39, 0.29) is 48.9 Å². The third-order valence-corrected chi connectivity index (χ3v) is 7.58. The molecule has 0 bridgehead atoms. The maximum absolute atomic E-state index is 12.4. The summed E-state index contributed by atoms with van der Waals surface area (Å²) in [5.41, 5.74) is 2.19. The van der Waals surface area contributed by atoms with Gasteiger partial charge >= 0.3 is 12.2 Å². The monoisotopic (exact) mass is 550 g/mol. The number of ether oxygens (including phenoxy) is 4. The van der Waals surface area contributed by atoms with Gasteiger partial charge in [0.15, 0.2) is 0 Å².